The molecule has 0 amide bonds. The van der Waals surface area contributed by atoms with E-state index in [4.69, 9.17) is 5.11 Å². The predicted octanol–water partition coefficient (Wildman–Crippen LogP) is 0.748. The molecule has 1 aromatic heterocycles. The Morgan fingerprint density at radius 2 is 2.00 bits per heavy atom. The van der Waals surface area contributed by atoms with E-state index in [9.17, 15) is 5.11 Å². The number of nitrogens with zero attached hydrogens (tertiary/aromatic N) is 2. The Balaban J connectivity index is 2.60. The van der Waals surface area contributed by atoms with Gasteiger partial charge in [-0.25, -0.2) is 0 Å². The quantitative estimate of drug-likeness (QED) is 0.750. The van der Waals surface area contributed by atoms with Crippen LogP contribution in [0.5, 0.6) is 0 Å². The summed E-state index contributed by atoms with van der Waals surface area (Å²) in [5.74, 6) is 0.437. The Hall–Kier alpha value is -0.870. The van der Waals surface area contributed by atoms with Crippen molar-refractivity contribution >= 4 is 0 Å². The lowest BCUT2D eigenvalue weighted by molar-refractivity contribution is 0.0186. The van der Waals surface area contributed by atoms with Gasteiger partial charge in [-0.15, -0.1) is 0 Å². The molecule has 1 aromatic rings. The van der Waals surface area contributed by atoms with Gasteiger partial charge in [-0.1, -0.05) is 13.8 Å². The van der Waals surface area contributed by atoms with Crippen molar-refractivity contribution in [3.63, 3.8) is 0 Å². The summed E-state index contributed by atoms with van der Waals surface area (Å²) in [7, 11) is 0. The number of aliphatic hydroxyl groups excluding tert-OH is 2. The highest BCUT2D eigenvalue weighted by molar-refractivity contribution is 5.08. The summed E-state index contributed by atoms with van der Waals surface area (Å²) in [6.45, 7) is 6.08. The van der Waals surface area contributed by atoms with Gasteiger partial charge in [-0.05, 0) is 18.4 Å². The van der Waals surface area contributed by atoms with Crippen molar-refractivity contribution in [2.24, 2.45) is 0 Å². The summed E-state index contributed by atoms with van der Waals surface area (Å²) in [6.07, 6.45) is 2.21. The second kappa shape index (κ2) is 4.57. The lowest BCUT2D eigenvalue weighted by atomic mass is 10.1. The standard InChI is InChI=1S/C10H18N2O2/c1-7(2)9-4-11-12(5-9)6-10(14)8(3)13/h4-5,7-8,10,13-14H,6H2,1-3H3. The van der Waals surface area contributed by atoms with Crippen LogP contribution < -0.4 is 0 Å². The molecule has 0 spiro atoms. The van der Waals surface area contributed by atoms with Gasteiger partial charge < -0.3 is 10.2 Å². The molecule has 0 aliphatic heterocycles. The number of hydrogen-bond acceptors (Lipinski definition) is 3. The normalized spacial score (nSPS) is 15.9. The zero-order chi connectivity index (χ0) is 10.7. The first kappa shape index (κ1) is 11.2. The number of rotatable bonds is 4. The van der Waals surface area contributed by atoms with Crippen LogP contribution in [0.15, 0.2) is 12.4 Å². The van der Waals surface area contributed by atoms with Crippen molar-refractivity contribution < 1.29 is 10.2 Å². The Morgan fingerprint density at radius 1 is 1.36 bits per heavy atom. The molecule has 0 aliphatic carbocycles. The number of aliphatic hydroxyl groups is 2. The van der Waals surface area contributed by atoms with Crippen molar-refractivity contribution in [3.05, 3.63) is 18.0 Å². The lowest BCUT2D eigenvalue weighted by Crippen LogP contribution is -2.27. The average molecular weight is 198 g/mol. The zero-order valence-corrected chi connectivity index (χ0v) is 8.88. The Morgan fingerprint density at radius 3 is 2.43 bits per heavy atom. The SMILES string of the molecule is CC(C)c1cnn(CC(O)C(C)O)c1. The van der Waals surface area contributed by atoms with E-state index < -0.39 is 12.2 Å². The Labute approximate surface area is 84.2 Å². The molecule has 4 heteroatoms. The highest BCUT2D eigenvalue weighted by Gasteiger charge is 2.12. The summed E-state index contributed by atoms with van der Waals surface area (Å²) in [4.78, 5) is 0. The second-order valence-corrected chi connectivity index (χ2v) is 3.96. The summed E-state index contributed by atoms with van der Waals surface area (Å²) < 4.78 is 1.66. The van der Waals surface area contributed by atoms with E-state index in [-0.39, 0.29) is 0 Å². The number of hydrogen-bond donors (Lipinski definition) is 2. The fraction of sp³-hybridized carbons (Fsp3) is 0.700. The van der Waals surface area contributed by atoms with Crippen LogP contribution in [0.2, 0.25) is 0 Å². The molecule has 0 bridgehead atoms. The molecule has 0 saturated carbocycles. The van der Waals surface area contributed by atoms with Crippen LogP contribution >= 0.6 is 0 Å². The smallest absolute Gasteiger partial charge is 0.0991 e. The predicted molar refractivity (Wildman–Crippen MR) is 54.0 cm³/mol. The van der Waals surface area contributed by atoms with E-state index in [1.807, 2.05) is 6.20 Å². The first-order valence-electron chi connectivity index (χ1n) is 4.89. The summed E-state index contributed by atoms with van der Waals surface area (Å²) in [5, 5.41) is 22.6. The van der Waals surface area contributed by atoms with Gasteiger partial charge in [0.05, 0.1) is 24.9 Å². The minimum atomic E-state index is -0.755. The molecule has 80 valence electrons. The Bertz CT molecular complexity index is 281. The maximum Gasteiger partial charge on any atom is 0.0991 e. The number of aromatic nitrogens is 2. The van der Waals surface area contributed by atoms with Crippen molar-refractivity contribution in [2.45, 2.75) is 45.4 Å². The van der Waals surface area contributed by atoms with Crippen LogP contribution in [-0.4, -0.2) is 32.2 Å². The molecular weight excluding hydrogens is 180 g/mol. The van der Waals surface area contributed by atoms with Gasteiger partial charge in [0, 0.05) is 6.20 Å². The zero-order valence-electron chi connectivity index (χ0n) is 8.88. The van der Waals surface area contributed by atoms with E-state index in [0.29, 0.717) is 12.5 Å². The third-order valence-electron chi connectivity index (χ3n) is 2.25. The van der Waals surface area contributed by atoms with Crippen molar-refractivity contribution in [1.82, 2.24) is 9.78 Å². The first-order chi connectivity index (χ1) is 6.50. The molecule has 0 radical (unpaired) electrons. The summed E-state index contributed by atoms with van der Waals surface area (Å²) in [5.41, 5.74) is 1.14. The van der Waals surface area contributed by atoms with Crippen LogP contribution in [0, 0.1) is 0 Å². The topological polar surface area (TPSA) is 58.3 Å². The highest BCUT2D eigenvalue weighted by atomic mass is 16.3. The molecule has 1 heterocycles. The largest absolute Gasteiger partial charge is 0.391 e. The van der Waals surface area contributed by atoms with Crippen LogP contribution in [0.25, 0.3) is 0 Å². The monoisotopic (exact) mass is 198 g/mol. The van der Waals surface area contributed by atoms with E-state index in [0.717, 1.165) is 5.56 Å². The molecule has 1 rings (SSSR count). The molecular formula is C10H18N2O2. The van der Waals surface area contributed by atoms with Crippen molar-refractivity contribution in [2.75, 3.05) is 0 Å². The van der Waals surface area contributed by atoms with Gasteiger partial charge >= 0.3 is 0 Å². The average Bonchev–Trinajstić information content (AvgIpc) is 2.52. The van der Waals surface area contributed by atoms with Crippen LogP contribution in [0.3, 0.4) is 0 Å². The van der Waals surface area contributed by atoms with Crippen LogP contribution in [0.1, 0.15) is 32.3 Å². The maximum atomic E-state index is 9.42. The molecule has 2 atom stereocenters. The summed E-state index contributed by atoms with van der Waals surface area (Å²) >= 11 is 0. The molecule has 2 N–H and O–H groups in total. The van der Waals surface area contributed by atoms with Gasteiger partial charge in [0.1, 0.15) is 0 Å². The molecule has 0 aromatic carbocycles. The third-order valence-corrected chi connectivity index (χ3v) is 2.25. The van der Waals surface area contributed by atoms with Gasteiger partial charge in [0.15, 0.2) is 0 Å². The fourth-order valence-electron chi connectivity index (χ4n) is 1.12. The first-order valence-corrected chi connectivity index (χ1v) is 4.89. The van der Waals surface area contributed by atoms with E-state index in [1.54, 1.807) is 17.8 Å². The summed E-state index contributed by atoms with van der Waals surface area (Å²) in [6, 6.07) is 0. The van der Waals surface area contributed by atoms with Crippen molar-refractivity contribution in [3.8, 4) is 0 Å². The molecule has 0 aliphatic rings. The Kier molecular flexibility index (Phi) is 3.66. The minimum Gasteiger partial charge on any atom is -0.391 e. The van der Waals surface area contributed by atoms with E-state index >= 15 is 0 Å². The highest BCUT2D eigenvalue weighted by Crippen LogP contribution is 2.12. The van der Waals surface area contributed by atoms with E-state index in [1.165, 1.54) is 0 Å². The van der Waals surface area contributed by atoms with Crippen LogP contribution in [0.4, 0.5) is 0 Å². The van der Waals surface area contributed by atoms with E-state index in [2.05, 4.69) is 18.9 Å². The maximum absolute atomic E-state index is 9.42. The molecule has 4 nitrogen and oxygen atoms in total. The minimum absolute atomic E-state index is 0.338. The fourth-order valence-corrected chi connectivity index (χ4v) is 1.12. The van der Waals surface area contributed by atoms with Gasteiger partial charge in [0.25, 0.3) is 0 Å². The molecule has 0 fully saturated rings. The van der Waals surface area contributed by atoms with Gasteiger partial charge in [-0.2, -0.15) is 5.10 Å². The molecule has 0 saturated heterocycles. The molecule has 2 unspecified atom stereocenters. The lowest BCUT2D eigenvalue weighted by Gasteiger charge is -2.12. The van der Waals surface area contributed by atoms with Crippen molar-refractivity contribution in [1.29, 1.82) is 0 Å². The third kappa shape index (κ3) is 2.82. The van der Waals surface area contributed by atoms with Gasteiger partial charge in [-0.3, -0.25) is 4.68 Å². The molecule has 14 heavy (non-hydrogen) atoms. The second-order valence-electron chi connectivity index (χ2n) is 3.96. The van der Waals surface area contributed by atoms with Gasteiger partial charge in [0.2, 0.25) is 0 Å². The van der Waals surface area contributed by atoms with Crippen LogP contribution in [-0.2, 0) is 6.54 Å².